The van der Waals surface area contributed by atoms with Gasteiger partial charge in [-0.1, -0.05) is 0 Å². The molecule has 0 saturated heterocycles. The molecule has 0 aliphatic heterocycles. The first kappa shape index (κ1) is 11.4. The molecule has 18 heavy (non-hydrogen) atoms. The predicted octanol–water partition coefficient (Wildman–Crippen LogP) is 1.83. The van der Waals surface area contributed by atoms with E-state index in [0.29, 0.717) is 16.8 Å². The van der Waals surface area contributed by atoms with Crippen LogP contribution in [-0.4, -0.2) is 9.55 Å². The first-order chi connectivity index (χ1) is 8.65. The van der Waals surface area contributed by atoms with E-state index >= 15 is 0 Å². The molecule has 0 amide bonds. The number of aryl methyl sites for hydroxylation is 1. The van der Waals surface area contributed by atoms with Crippen LogP contribution in [-0.2, 0) is 6.54 Å². The summed E-state index contributed by atoms with van der Waals surface area (Å²) in [4.78, 5) is 28.3. The van der Waals surface area contributed by atoms with Crippen LogP contribution in [0.2, 0.25) is 0 Å². The lowest BCUT2D eigenvalue weighted by Crippen LogP contribution is -2.24. The Morgan fingerprint density at radius 1 is 1.44 bits per heavy atom. The van der Waals surface area contributed by atoms with Gasteiger partial charge in [0.1, 0.15) is 4.70 Å². The maximum Gasteiger partial charge on any atom is 0.422 e. The molecule has 0 spiro atoms. The van der Waals surface area contributed by atoms with E-state index < -0.39 is 11.4 Å². The summed E-state index contributed by atoms with van der Waals surface area (Å²) < 4.78 is 6.63. The molecule has 3 heterocycles. The maximum absolute atomic E-state index is 11.7. The molecule has 0 aliphatic rings. The van der Waals surface area contributed by atoms with E-state index in [1.54, 1.807) is 17.6 Å². The molecule has 0 bridgehead atoms. The van der Waals surface area contributed by atoms with E-state index in [0.717, 1.165) is 9.88 Å². The van der Waals surface area contributed by atoms with Gasteiger partial charge in [-0.3, -0.25) is 4.57 Å². The molecule has 3 rings (SSSR count). The van der Waals surface area contributed by atoms with E-state index in [2.05, 4.69) is 4.98 Å². The van der Waals surface area contributed by atoms with E-state index in [-0.39, 0.29) is 0 Å². The van der Waals surface area contributed by atoms with Crippen LogP contribution < -0.4 is 11.4 Å². The SMILES string of the molecule is Cc1ncc(Cn2c(=O)oc(=O)c3sccc32)s1. The van der Waals surface area contributed by atoms with Crippen LogP contribution in [0.25, 0.3) is 10.2 Å². The first-order valence-electron chi connectivity index (χ1n) is 5.17. The van der Waals surface area contributed by atoms with Gasteiger partial charge in [-0.25, -0.2) is 14.6 Å². The molecular weight excluding hydrogens is 272 g/mol. The lowest BCUT2D eigenvalue weighted by Gasteiger charge is -2.03. The highest BCUT2D eigenvalue weighted by atomic mass is 32.1. The molecule has 0 N–H and O–H groups in total. The molecule has 7 heteroatoms. The summed E-state index contributed by atoms with van der Waals surface area (Å²) in [5, 5.41) is 2.71. The number of nitrogens with zero attached hydrogens (tertiary/aromatic N) is 2. The Balaban J connectivity index is 2.20. The molecule has 92 valence electrons. The second-order valence-electron chi connectivity index (χ2n) is 3.72. The minimum Gasteiger partial charge on any atom is -0.371 e. The zero-order valence-electron chi connectivity index (χ0n) is 9.37. The van der Waals surface area contributed by atoms with Crippen LogP contribution in [0.4, 0.5) is 0 Å². The zero-order valence-corrected chi connectivity index (χ0v) is 11.0. The molecule has 0 aromatic carbocycles. The standard InChI is InChI=1S/C11H8N2O3S2/c1-6-12-4-7(18-6)5-13-8-2-3-17-9(8)10(14)16-11(13)15/h2-4H,5H2,1H3. The molecule has 3 aromatic rings. The van der Waals surface area contributed by atoms with Gasteiger partial charge in [-0.05, 0) is 18.4 Å². The van der Waals surface area contributed by atoms with Crippen molar-refractivity contribution in [1.82, 2.24) is 9.55 Å². The lowest BCUT2D eigenvalue weighted by molar-refractivity contribution is 0.426. The highest BCUT2D eigenvalue weighted by Crippen LogP contribution is 2.18. The van der Waals surface area contributed by atoms with Crippen molar-refractivity contribution in [2.45, 2.75) is 13.5 Å². The van der Waals surface area contributed by atoms with Gasteiger partial charge in [0.05, 0.1) is 17.1 Å². The molecule has 0 unspecified atom stereocenters. The van der Waals surface area contributed by atoms with Crippen molar-refractivity contribution in [2.24, 2.45) is 0 Å². The molecule has 0 radical (unpaired) electrons. The van der Waals surface area contributed by atoms with Crippen LogP contribution in [0, 0.1) is 6.92 Å². The maximum atomic E-state index is 11.7. The normalized spacial score (nSPS) is 11.2. The molecule has 3 aromatic heterocycles. The number of fused-ring (bicyclic) bond motifs is 1. The molecule has 0 fully saturated rings. The number of rotatable bonds is 2. The minimum atomic E-state index is -0.628. The Morgan fingerprint density at radius 2 is 2.28 bits per heavy atom. The molecule has 5 nitrogen and oxygen atoms in total. The quantitative estimate of drug-likeness (QED) is 0.718. The van der Waals surface area contributed by atoms with Gasteiger partial charge in [0.2, 0.25) is 0 Å². The monoisotopic (exact) mass is 280 g/mol. The van der Waals surface area contributed by atoms with Crippen molar-refractivity contribution in [1.29, 1.82) is 0 Å². The summed E-state index contributed by atoms with van der Waals surface area (Å²) in [5.74, 6) is -0.628. The summed E-state index contributed by atoms with van der Waals surface area (Å²) >= 11 is 2.79. The third-order valence-electron chi connectivity index (χ3n) is 2.50. The van der Waals surface area contributed by atoms with Crippen molar-refractivity contribution in [3.05, 3.63) is 48.5 Å². The average molecular weight is 280 g/mol. The van der Waals surface area contributed by atoms with Gasteiger partial charge in [0.25, 0.3) is 0 Å². The largest absolute Gasteiger partial charge is 0.422 e. The fraction of sp³-hybridized carbons (Fsp3) is 0.182. The Labute approximate surface area is 109 Å². The number of aromatic nitrogens is 2. The minimum absolute atomic E-state index is 0.376. The molecular formula is C11H8N2O3S2. The zero-order chi connectivity index (χ0) is 12.7. The lowest BCUT2D eigenvalue weighted by atomic mass is 10.4. The van der Waals surface area contributed by atoms with E-state index in [9.17, 15) is 9.59 Å². The highest BCUT2D eigenvalue weighted by molar-refractivity contribution is 7.17. The third kappa shape index (κ3) is 1.81. The summed E-state index contributed by atoms with van der Waals surface area (Å²) in [6.07, 6.45) is 1.73. The van der Waals surface area contributed by atoms with Gasteiger partial charge >= 0.3 is 11.4 Å². The predicted molar refractivity (Wildman–Crippen MR) is 70.6 cm³/mol. The van der Waals surface area contributed by atoms with Gasteiger partial charge in [-0.2, -0.15) is 0 Å². The molecule has 0 aliphatic carbocycles. The van der Waals surface area contributed by atoms with Crippen molar-refractivity contribution in [2.75, 3.05) is 0 Å². The Hall–Kier alpha value is -1.73. The molecule has 0 atom stereocenters. The van der Waals surface area contributed by atoms with Crippen LogP contribution >= 0.6 is 22.7 Å². The Bertz CT molecular complexity index is 825. The fourth-order valence-electron chi connectivity index (χ4n) is 1.73. The van der Waals surface area contributed by atoms with E-state index in [1.165, 1.54) is 27.2 Å². The average Bonchev–Trinajstić information content (AvgIpc) is 2.93. The number of thiophene rings is 1. The van der Waals surface area contributed by atoms with Gasteiger partial charge < -0.3 is 4.42 Å². The third-order valence-corrected chi connectivity index (χ3v) is 4.29. The number of hydrogen-bond acceptors (Lipinski definition) is 6. The number of hydrogen-bond donors (Lipinski definition) is 0. The van der Waals surface area contributed by atoms with E-state index in [4.69, 9.17) is 4.42 Å². The Kier molecular flexibility index (Phi) is 2.64. The van der Waals surface area contributed by atoms with Crippen molar-refractivity contribution in [3.63, 3.8) is 0 Å². The van der Waals surface area contributed by atoms with Crippen molar-refractivity contribution < 1.29 is 4.42 Å². The molecule has 0 saturated carbocycles. The van der Waals surface area contributed by atoms with Crippen LogP contribution in [0.3, 0.4) is 0 Å². The topological polar surface area (TPSA) is 65.1 Å². The second-order valence-corrected chi connectivity index (χ2v) is 5.96. The fourth-order valence-corrected chi connectivity index (χ4v) is 3.28. The number of thiazole rings is 1. The van der Waals surface area contributed by atoms with Gasteiger partial charge in [-0.15, -0.1) is 22.7 Å². The van der Waals surface area contributed by atoms with E-state index in [1.807, 2.05) is 6.92 Å². The van der Waals surface area contributed by atoms with Gasteiger partial charge in [0, 0.05) is 11.1 Å². The van der Waals surface area contributed by atoms with Crippen LogP contribution in [0.1, 0.15) is 9.88 Å². The van der Waals surface area contributed by atoms with Crippen LogP contribution in [0.5, 0.6) is 0 Å². The van der Waals surface area contributed by atoms with Crippen LogP contribution in [0.15, 0.2) is 31.6 Å². The summed E-state index contributed by atoms with van der Waals surface area (Å²) in [5.41, 5.74) is 0.0500. The Morgan fingerprint density at radius 3 is 3.00 bits per heavy atom. The summed E-state index contributed by atoms with van der Waals surface area (Å²) in [7, 11) is 0. The van der Waals surface area contributed by atoms with Crippen molar-refractivity contribution >= 4 is 32.9 Å². The summed E-state index contributed by atoms with van der Waals surface area (Å²) in [6, 6.07) is 1.76. The summed E-state index contributed by atoms with van der Waals surface area (Å²) in [6.45, 7) is 2.28. The van der Waals surface area contributed by atoms with Crippen molar-refractivity contribution in [3.8, 4) is 0 Å². The van der Waals surface area contributed by atoms with Gasteiger partial charge in [0.15, 0.2) is 0 Å². The second kappa shape index (κ2) is 4.18. The smallest absolute Gasteiger partial charge is 0.371 e. The first-order valence-corrected chi connectivity index (χ1v) is 6.87. The highest BCUT2D eigenvalue weighted by Gasteiger charge is 2.11.